The number of tetrazole rings is 1. The van der Waals surface area contributed by atoms with Crippen LogP contribution in [0.4, 0.5) is 0 Å². The largest absolute Gasteiger partial charge is 0.337 e. The maximum absolute atomic E-state index is 12.4. The first kappa shape index (κ1) is 15.9. The number of nitrogens with zero attached hydrogens (tertiary/aromatic N) is 6. The van der Waals surface area contributed by atoms with Gasteiger partial charge >= 0.3 is 0 Å². The predicted octanol–water partition coefficient (Wildman–Crippen LogP) is 2.67. The summed E-state index contributed by atoms with van der Waals surface area (Å²) in [5.74, 6) is 0.441. The van der Waals surface area contributed by atoms with E-state index in [0.29, 0.717) is 12.4 Å². The molecule has 0 radical (unpaired) electrons. The molecule has 0 aliphatic heterocycles. The molecule has 126 valence electrons. The van der Waals surface area contributed by atoms with Crippen LogP contribution >= 0.6 is 22.7 Å². The van der Waals surface area contributed by atoms with Crippen molar-refractivity contribution in [1.82, 2.24) is 30.1 Å². The summed E-state index contributed by atoms with van der Waals surface area (Å²) in [6.45, 7) is 0.517. The Morgan fingerprint density at radius 3 is 2.96 bits per heavy atom. The van der Waals surface area contributed by atoms with Gasteiger partial charge in [0, 0.05) is 18.0 Å². The Bertz CT molecular complexity index is 974. The van der Waals surface area contributed by atoms with Crippen LogP contribution in [-0.4, -0.2) is 43.0 Å². The SMILES string of the molecule is CN(Cc1nc2ccccc2s1)C(=O)Cn1nnc(-c2ccsc2)n1. The smallest absolute Gasteiger partial charge is 0.246 e. The molecular formula is C16H14N6OS2. The summed E-state index contributed by atoms with van der Waals surface area (Å²) in [5.41, 5.74) is 1.87. The van der Waals surface area contributed by atoms with Crippen molar-refractivity contribution in [3.63, 3.8) is 0 Å². The number of benzene rings is 1. The summed E-state index contributed by atoms with van der Waals surface area (Å²) in [6, 6.07) is 9.88. The Morgan fingerprint density at radius 2 is 2.16 bits per heavy atom. The van der Waals surface area contributed by atoms with Crippen LogP contribution in [-0.2, 0) is 17.9 Å². The average Bonchev–Trinajstić information content (AvgIpc) is 3.34. The predicted molar refractivity (Wildman–Crippen MR) is 97.2 cm³/mol. The lowest BCUT2D eigenvalue weighted by atomic mass is 10.3. The molecule has 7 nitrogen and oxygen atoms in total. The van der Waals surface area contributed by atoms with Crippen molar-refractivity contribution < 1.29 is 4.79 Å². The third-order valence-electron chi connectivity index (χ3n) is 3.65. The molecule has 0 aliphatic carbocycles. The summed E-state index contributed by atoms with van der Waals surface area (Å²) < 4.78 is 1.12. The minimum atomic E-state index is -0.0893. The molecule has 1 amide bonds. The number of thiophene rings is 1. The van der Waals surface area contributed by atoms with Gasteiger partial charge in [0.2, 0.25) is 11.7 Å². The number of amides is 1. The van der Waals surface area contributed by atoms with Gasteiger partial charge in [0.25, 0.3) is 0 Å². The maximum atomic E-state index is 12.4. The first-order chi connectivity index (χ1) is 12.2. The van der Waals surface area contributed by atoms with Gasteiger partial charge in [-0.25, -0.2) is 4.98 Å². The van der Waals surface area contributed by atoms with Crippen molar-refractivity contribution in [1.29, 1.82) is 0 Å². The molecule has 0 fully saturated rings. The van der Waals surface area contributed by atoms with Gasteiger partial charge in [0.05, 0.1) is 16.8 Å². The number of hydrogen-bond acceptors (Lipinski definition) is 7. The summed E-state index contributed by atoms with van der Waals surface area (Å²) in [7, 11) is 1.76. The number of thiazole rings is 1. The number of rotatable bonds is 5. The van der Waals surface area contributed by atoms with Gasteiger partial charge in [-0.3, -0.25) is 4.79 Å². The van der Waals surface area contributed by atoms with Gasteiger partial charge in [-0.2, -0.15) is 16.1 Å². The lowest BCUT2D eigenvalue weighted by Crippen LogP contribution is -2.30. The Labute approximate surface area is 151 Å². The first-order valence-electron chi connectivity index (χ1n) is 7.58. The summed E-state index contributed by atoms with van der Waals surface area (Å²) >= 11 is 3.16. The molecule has 0 unspecified atom stereocenters. The molecule has 4 rings (SSSR count). The van der Waals surface area contributed by atoms with Crippen LogP contribution in [0.25, 0.3) is 21.6 Å². The summed E-state index contributed by atoms with van der Waals surface area (Å²) in [6.07, 6.45) is 0. The van der Waals surface area contributed by atoms with Crippen LogP contribution in [0.3, 0.4) is 0 Å². The summed E-state index contributed by atoms with van der Waals surface area (Å²) in [4.78, 5) is 19.9. The molecule has 9 heteroatoms. The van der Waals surface area contributed by atoms with Crippen LogP contribution in [0.5, 0.6) is 0 Å². The van der Waals surface area contributed by atoms with E-state index < -0.39 is 0 Å². The Balaban J connectivity index is 1.42. The molecule has 3 aromatic heterocycles. The maximum Gasteiger partial charge on any atom is 0.246 e. The second-order valence-corrected chi connectivity index (χ2v) is 7.38. The zero-order chi connectivity index (χ0) is 17.2. The fraction of sp³-hybridized carbons (Fsp3) is 0.188. The van der Waals surface area contributed by atoms with Crippen molar-refractivity contribution in [2.75, 3.05) is 7.05 Å². The lowest BCUT2D eigenvalue weighted by molar-refractivity contribution is -0.131. The van der Waals surface area contributed by atoms with Crippen LogP contribution in [0.1, 0.15) is 5.01 Å². The molecule has 0 N–H and O–H groups in total. The zero-order valence-corrected chi connectivity index (χ0v) is 15.0. The van der Waals surface area contributed by atoms with Crippen molar-refractivity contribution in [3.8, 4) is 11.4 Å². The fourth-order valence-corrected chi connectivity index (χ4v) is 3.99. The number of hydrogen-bond donors (Lipinski definition) is 0. The molecule has 0 saturated carbocycles. The van der Waals surface area contributed by atoms with Gasteiger partial charge in [0.15, 0.2) is 0 Å². The molecule has 0 bridgehead atoms. The number of para-hydroxylation sites is 1. The molecule has 0 saturated heterocycles. The average molecular weight is 370 g/mol. The van der Waals surface area contributed by atoms with E-state index in [0.717, 1.165) is 20.8 Å². The minimum Gasteiger partial charge on any atom is -0.337 e. The molecule has 25 heavy (non-hydrogen) atoms. The molecular weight excluding hydrogens is 356 g/mol. The van der Waals surface area contributed by atoms with Crippen molar-refractivity contribution in [3.05, 3.63) is 46.1 Å². The van der Waals surface area contributed by atoms with Crippen LogP contribution in [0.15, 0.2) is 41.1 Å². The van der Waals surface area contributed by atoms with Crippen molar-refractivity contribution in [2.24, 2.45) is 0 Å². The fourth-order valence-electron chi connectivity index (χ4n) is 2.34. The van der Waals surface area contributed by atoms with Crippen LogP contribution in [0, 0.1) is 0 Å². The normalized spacial score (nSPS) is 11.1. The molecule has 3 heterocycles. The minimum absolute atomic E-state index is 0.0541. The van der Waals surface area contributed by atoms with E-state index in [9.17, 15) is 4.79 Å². The first-order valence-corrected chi connectivity index (χ1v) is 9.34. The van der Waals surface area contributed by atoms with Crippen molar-refractivity contribution >= 4 is 38.8 Å². The Kier molecular flexibility index (Phi) is 4.24. The molecule has 0 spiro atoms. The second kappa shape index (κ2) is 6.69. The number of carbonyl (C=O) groups excluding carboxylic acids is 1. The zero-order valence-electron chi connectivity index (χ0n) is 13.4. The van der Waals surface area contributed by atoms with E-state index in [2.05, 4.69) is 20.4 Å². The highest BCUT2D eigenvalue weighted by Crippen LogP contribution is 2.22. The lowest BCUT2D eigenvalue weighted by Gasteiger charge is -2.14. The number of likely N-dealkylation sites (N-methyl/N-ethyl adjacent to an activating group) is 1. The highest BCUT2D eigenvalue weighted by Gasteiger charge is 2.15. The topological polar surface area (TPSA) is 76.8 Å². The van der Waals surface area contributed by atoms with E-state index >= 15 is 0 Å². The van der Waals surface area contributed by atoms with Gasteiger partial charge in [-0.15, -0.1) is 21.5 Å². The Morgan fingerprint density at radius 1 is 1.28 bits per heavy atom. The molecule has 0 aliphatic rings. The van der Waals surface area contributed by atoms with E-state index in [1.54, 1.807) is 34.6 Å². The third-order valence-corrected chi connectivity index (χ3v) is 5.35. The second-order valence-electron chi connectivity index (χ2n) is 5.48. The molecule has 1 aromatic carbocycles. The number of fused-ring (bicyclic) bond motifs is 1. The quantitative estimate of drug-likeness (QED) is 0.540. The van der Waals surface area contributed by atoms with Gasteiger partial charge in [-0.05, 0) is 28.8 Å². The highest BCUT2D eigenvalue weighted by molar-refractivity contribution is 7.18. The van der Waals surface area contributed by atoms with E-state index in [1.165, 1.54) is 4.80 Å². The van der Waals surface area contributed by atoms with E-state index in [4.69, 9.17) is 0 Å². The van der Waals surface area contributed by atoms with Crippen LogP contribution < -0.4 is 0 Å². The Hall–Kier alpha value is -2.65. The standard InChI is InChI=1S/C16H14N6OS2/c1-21(8-14-17-12-4-2-3-5-13(12)25-14)15(23)9-22-19-16(18-20-22)11-6-7-24-10-11/h2-7,10H,8-9H2,1H3. The van der Waals surface area contributed by atoms with E-state index in [-0.39, 0.29) is 12.5 Å². The number of carbonyl (C=O) groups is 1. The van der Waals surface area contributed by atoms with Crippen molar-refractivity contribution in [2.45, 2.75) is 13.1 Å². The molecule has 0 atom stereocenters. The summed E-state index contributed by atoms with van der Waals surface area (Å²) in [5, 5.41) is 17.0. The monoisotopic (exact) mass is 370 g/mol. The van der Waals surface area contributed by atoms with Gasteiger partial charge < -0.3 is 4.90 Å². The third kappa shape index (κ3) is 3.42. The highest BCUT2D eigenvalue weighted by atomic mass is 32.1. The van der Waals surface area contributed by atoms with E-state index in [1.807, 2.05) is 41.1 Å². The molecule has 4 aromatic rings. The van der Waals surface area contributed by atoms with Crippen LogP contribution in [0.2, 0.25) is 0 Å². The number of aromatic nitrogens is 5. The van der Waals surface area contributed by atoms with Gasteiger partial charge in [0.1, 0.15) is 11.6 Å². The van der Waals surface area contributed by atoms with Gasteiger partial charge in [-0.1, -0.05) is 12.1 Å².